The van der Waals surface area contributed by atoms with Crippen molar-refractivity contribution in [2.24, 2.45) is 5.92 Å². The molecule has 1 fully saturated rings. The minimum Gasteiger partial charge on any atom is -0.353 e. The van der Waals surface area contributed by atoms with Crippen LogP contribution in [0.15, 0.2) is 0 Å². The zero-order chi connectivity index (χ0) is 11.1. The first-order chi connectivity index (χ1) is 7.27. The number of rotatable bonds is 7. The summed E-state index contributed by atoms with van der Waals surface area (Å²) in [6, 6.07) is 0.482. The number of unbranched alkanes of at least 4 members (excludes halogenated alkanes) is 2. The topological polar surface area (TPSA) is 29.1 Å². The smallest absolute Gasteiger partial charge is 0.220 e. The lowest BCUT2D eigenvalue weighted by Crippen LogP contribution is -2.32. The van der Waals surface area contributed by atoms with Crippen molar-refractivity contribution in [1.29, 1.82) is 0 Å². The summed E-state index contributed by atoms with van der Waals surface area (Å²) in [5, 5.41) is 3.13. The Labute approximate surface area is 93.8 Å². The second kappa shape index (κ2) is 6.86. The van der Waals surface area contributed by atoms with Gasteiger partial charge in [0.2, 0.25) is 5.91 Å². The lowest BCUT2D eigenvalue weighted by atomic mass is 9.88. The summed E-state index contributed by atoms with van der Waals surface area (Å²) in [6.07, 6.45) is 9.55. The minimum absolute atomic E-state index is 0.262. The monoisotopic (exact) mass is 211 g/mol. The van der Waals surface area contributed by atoms with E-state index in [2.05, 4.69) is 19.2 Å². The molecule has 1 atom stereocenters. The predicted molar refractivity (Wildman–Crippen MR) is 63.7 cm³/mol. The highest BCUT2D eigenvalue weighted by molar-refractivity contribution is 5.78. The Morgan fingerprint density at radius 2 is 1.87 bits per heavy atom. The van der Waals surface area contributed by atoms with Crippen LogP contribution in [-0.4, -0.2) is 11.9 Å². The first-order valence-corrected chi connectivity index (χ1v) is 6.57. The maximum absolute atomic E-state index is 11.2. The fourth-order valence-electron chi connectivity index (χ4n) is 2.47. The maximum atomic E-state index is 11.2. The number of amides is 1. The fourth-order valence-corrected chi connectivity index (χ4v) is 2.47. The third-order valence-corrected chi connectivity index (χ3v) is 3.45. The van der Waals surface area contributed by atoms with Gasteiger partial charge < -0.3 is 5.32 Å². The van der Waals surface area contributed by atoms with Crippen LogP contribution in [0.25, 0.3) is 0 Å². The van der Waals surface area contributed by atoms with E-state index < -0.39 is 0 Å². The molecule has 1 saturated heterocycles. The van der Waals surface area contributed by atoms with Crippen LogP contribution < -0.4 is 5.32 Å². The molecule has 0 bridgehead atoms. The molecule has 0 saturated carbocycles. The zero-order valence-electron chi connectivity index (χ0n) is 10.2. The Kier molecular flexibility index (Phi) is 5.74. The molecule has 1 amide bonds. The van der Waals surface area contributed by atoms with E-state index in [9.17, 15) is 4.79 Å². The molecule has 0 aromatic heterocycles. The van der Waals surface area contributed by atoms with E-state index in [4.69, 9.17) is 0 Å². The fraction of sp³-hybridized carbons (Fsp3) is 0.923. The second-order valence-electron chi connectivity index (χ2n) is 4.76. The number of hydrogen-bond acceptors (Lipinski definition) is 1. The van der Waals surface area contributed by atoms with E-state index in [-0.39, 0.29) is 5.91 Å². The first kappa shape index (κ1) is 12.5. The summed E-state index contributed by atoms with van der Waals surface area (Å²) in [5.74, 6) is 0.995. The molecular weight excluding hydrogens is 186 g/mol. The zero-order valence-corrected chi connectivity index (χ0v) is 10.2. The summed E-state index contributed by atoms with van der Waals surface area (Å²) in [7, 11) is 0. The number of nitrogens with one attached hydrogen (secondary N) is 1. The number of carbonyl (C=O) groups excluding carboxylic acids is 1. The molecule has 2 nitrogen and oxygen atoms in total. The van der Waals surface area contributed by atoms with E-state index >= 15 is 0 Å². The third-order valence-electron chi connectivity index (χ3n) is 3.45. The van der Waals surface area contributed by atoms with Gasteiger partial charge in [0, 0.05) is 12.5 Å². The van der Waals surface area contributed by atoms with Gasteiger partial charge in [0.25, 0.3) is 0 Å². The van der Waals surface area contributed by atoms with Crippen molar-refractivity contribution in [1.82, 2.24) is 5.32 Å². The lowest BCUT2D eigenvalue weighted by molar-refractivity contribution is -0.119. The molecule has 2 heteroatoms. The Hall–Kier alpha value is -0.530. The summed E-state index contributed by atoms with van der Waals surface area (Å²) < 4.78 is 0. The van der Waals surface area contributed by atoms with Crippen LogP contribution in [0.1, 0.15) is 65.2 Å². The van der Waals surface area contributed by atoms with Crippen LogP contribution in [0, 0.1) is 5.92 Å². The molecule has 0 aromatic carbocycles. The van der Waals surface area contributed by atoms with E-state index in [0.29, 0.717) is 6.04 Å². The molecule has 1 N–H and O–H groups in total. The Morgan fingerprint density at radius 1 is 1.27 bits per heavy atom. The highest BCUT2D eigenvalue weighted by Crippen LogP contribution is 2.25. The Bertz CT molecular complexity index is 183. The van der Waals surface area contributed by atoms with Crippen molar-refractivity contribution in [2.45, 2.75) is 71.3 Å². The van der Waals surface area contributed by atoms with Gasteiger partial charge in [-0.05, 0) is 25.2 Å². The van der Waals surface area contributed by atoms with E-state index in [0.717, 1.165) is 18.8 Å². The second-order valence-corrected chi connectivity index (χ2v) is 4.76. The molecule has 15 heavy (non-hydrogen) atoms. The van der Waals surface area contributed by atoms with Gasteiger partial charge in [-0.25, -0.2) is 0 Å². The quantitative estimate of drug-likeness (QED) is 0.688. The number of carbonyl (C=O) groups is 1. The highest BCUT2D eigenvalue weighted by Gasteiger charge is 2.27. The SMILES string of the molecule is CCCCC(CCCC)C1CCC(=O)N1. The molecule has 1 unspecified atom stereocenters. The van der Waals surface area contributed by atoms with Crippen LogP contribution in [0.3, 0.4) is 0 Å². The molecule has 1 aliphatic heterocycles. The Morgan fingerprint density at radius 3 is 2.27 bits per heavy atom. The van der Waals surface area contributed by atoms with Gasteiger partial charge in [0.05, 0.1) is 0 Å². The van der Waals surface area contributed by atoms with E-state index in [1.807, 2.05) is 0 Å². The highest BCUT2D eigenvalue weighted by atomic mass is 16.1. The van der Waals surface area contributed by atoms with Crippen LogP contribution in [0.4, 0.5) is 0 Å². The minimum atomic E-state index is 0.262. The van der Waals surface area contributed by atoms with E-state index in [1.54, 1.807) is 0 Å². The molecule has 1 heterocycles. The molecule has 0 spiro atoms. The van der Waals surface area contributed by atoms with Gasteiger partial charge >= 0.3 is 0 Å². The van der Waals surface area contributed by atoms with E-state index in [1.165, 1.54) is 38.5 Å². The predicted octanol–water partition coefficient (Wildman–Crippen LogP) is 3.26. The lowest BCUT2D eigenvalue weighted by Gasteiger charge is -2.23. The Balaban J connectivity index is 2.36. The largest absolute Gasteiger partial charge is 0.353 e. The van der Waals surface area contributed by atoms with Gasteiger partial charge in [0.1, 0.15) is 0 Å². The average molecular weight is 211 g/mol. The third kappa shape index (κ3) is 4.23. The van der Waals surface area contributed by atoms with Crippen molar-refractivity contribution in [3.05, 3.63) is 0 Å². The molecule has 0 radical (unpaired) electrons. The average Bonchev–Trinajstić information content (AvgIpc) is 2.65. The van der Waals surface area contributed by atoms with Gasteiger partial charge in [-0.2, -0.15) is 0 Å². The van der Waals surface area contributed by atoms with Crippen LogP contribution >= 0.6 is 0 Å². The van der Waals surface area contributed by atoms with Gasteiger partial charge in [0.15, 0.2) is 0 Å². The summed E-state index contributed by atoms with van der Waals surface area (Å²) in [5.41, 5.74) is 0. The summed E-state index contributed by atoms with van der Waals surface area (Å²) >= 11 is 0. The van der Waals surface area contributed by atoms with Crippen LogP contribution in [-0.2, 0) is 4.79 Å². The van der Waals surface area contributed by atoms with Gasteiger partial charge in [-0.1, -0.05) is 39.5 Å². The van der Waals surface area contributed by atoms with Gasteiger partial charge in [-0.15, -0.1) is 0 Å². The van der Waals surface area contributed by atoms with Crippen molar-refractivity contribution < 1.29 is 4.79 Å². The van der Waals surface area contributed by atoms with Crippen molar-refractivity contribution in [2.75, 3.05) is 0 Å². The van der Waals surface area contributed by atoms with Crippen molar-refractivity contribution in [3.8, 4) is 0 Å². The maximum Gasteiger partial charge on any atom is 0.220 e. The molecule has 1 rings (SSSR count). The standard InChI is InChI=1S/C13H25NO/c1-3-5-7-11(8-6-4-2)12-9-10-13(15)14-12/h11-12H,3-10H2,1-2H3,(H,14,15). The van der Waals surface area contributed by atoms with Crippen LogP contribution in [0.2, 0.25) is 0 Å². The summed E-state index contributed by atoms with van der Waals surface area (Å²) in [4.78, 5) is 11.2. The molecule has 88 valence electrons. The first-order valence-electron chi connectivity index (χ1n) is 6.57. The molecule has 0 aromatic rings. The molecular formula is C13H25NO. The molecule has 1 aliphatic rings. The molecule has 0 aliphatic carbocycles. The number of hydrogen-bond donors (Lipinski definition) is 1. The summed E-state index contributed by atoms with van der Waals surface area (Å²) in [6.45, 7) is 4.48. The van der Waals surface area contributed by atoms with Gasteiger partial charge in [-0.3, -0.25) is 4.79 Å². The van der Waals surface area contributed by atoms with Crippen molar-refractivity contribution >= 4 is 5.91 Å². The normalized spacial score (nSPS) is 21.0. The van der Waals surface area contributed by atoms with Crippen LogP contribution in [0.5, 0.6) is 0 Å². The van der Waals surface area contributed by atoms with Crippen molar-refractivity contribution in [3.63, 3.8) is 0 Å².